The van der Waals surface area contributed by atoms with E-state index >= 15 is 0 Å². The van der Waals surface area contributed by atoms with Gasteiger partial charge in [-0.05, 0) is 88.7 Å². The van der Waals surface area contributed by atoms with Crippen molar-refractivity contribution in [2.24, 2.45) is 0 Å². The highest BCUT2D eigenvalue weighted by atomic mass is 32.1. The van der Waals surface area contributed by atoms with Gasteiger partial charge in [0.2, 0.25) is 0 Å². The Morgan fingerprint density at radius 1 is 0.640 bits per heavy atom. The second kappa shape index (κ2) is 5.69. The summed E-state index contributed by atoms with van der Waals surface area (Å²) in [7, 11) is 0. The highest BCUT2D eigenvalue weighted by molar-refractivity contribution is 7.14. The van der Waals surface area contributed by atoms with E-state index in [0.29, 0.717) is 0 Å². The minimum Gasteiger partial charge on any atom is -0.144 e. The molecule has 4 aromatic rings. The van der Waals surface area contributed by atoms with E-state index in [0.717, 1.165) is 6.42 Å². The Labute approximate surface area is 156 Å². The fraction of sp³-hybridized carbons (Fsp3) is 0.130. The van der Waals surface area contributed by atoms with E-state index in [4.69, 9.17) is 0 Å². The Morgan fingerprint density at radius 2 is 1.28 bits per heavy atom. The third-order valence-corrected chi connectivity index (χ3v) is 7.24. The number of hydrogen-bond donors (Lipinski definition) is 0. The van der Waals surface area contributed by atoms with E-state index in [1.54, 1.807) is 0 Å². The Hall–Kier alpha value is -2.16. The van der Waals surface area contributed by atoms with Crippen LogP contribution < -0.4 is 0 Å². The number of aryl methyl sites for hydroxylation is 2. The van der Waals surface area contributed by atoms with Crippen LogP contribution >= 0.6 is 22.7 Å². The fourth-order valence-corrected chi connectivity index (χ4v) is 5.77. The van der Waals surface area contributed by atoms with E-state index in [-0.39, 0.29) is 0 Å². The molecule has 0 fully saturated rings. The summed E-state index contributed by atoms with van der Waals surface area (Å²) >= 11 is 3.71. The van der Waals surface area contributed by atoms with Crippen LogP contribution in [0.1, 0.15) is 22.3 Å². The summed E-state index contributed by atoms with van der Waals surface area (Å²) in [4.78, 5) is 2.80. The predicted octanol–water partition coefficient (Wildman–Crippen LogP) is 7.33. The Bertz CT molecular complexity index is 1090. The molecule has 0 aliphatic heterocycles. The van der Waals surface area contributed by atoms with Crippen LogP contribution in [0.3, 0.4) is 0 Å². The Kier molecular flexibility index (Phi) is 3.44. The molecule has 0 bridgehead atoms. The van der Waals surface area contributed by atoms with Crippen molar-refractivity contribution in [3.05, 3.63) is 81.5 Å². The highest BCUT2D eigenvalue weighted by Crippen LogP contribution is 2.46. The fourth-order valence-electron chi connectivity index (χ4n) is 3.86. The van der Waals surface area contributed by atoms with Crippen LogP contribution in [0.2, 0.25) is 0 Å². The van der Waals surface area contributed by atoms with Gasteiger partial charge >= 0.3 is 0 Å². The zero-order valence-electron chi connectivity index (χ0n) is 14.3. The molecule has 25 heavy (non-hydrogen) atoms. The molecule has 1 aliphatic carbocycles. The van der Waals surface area contributed by atoms with Gasteiger partial charge in [-0.25, -0.2) is 0 Å². The first kappa shape index (κ1) is 15.1. The van der Waals surface area contributed by atoms with Crippen LogP contribution in [-0.4, -0.2) is 0 Å². The second-order valence-electron chi connectivity index (χ2n) is 6.75. The van der Waals surface area contributed by atoms with E-state index in [1.807, 2.05) is 22.7 Å². The lowest BCUT2D eigenvalue weighted by Crippen LogP contribution is -1.89. The van der Waals surface area contributed by atoms with Gasteiger partial charge in [0.1, 0.15) is 0 Å². The van der Waals surface area contributed by atoms with Crippen molar-refractivity contribution in [1.82, 2.24) is 0 Å². The molecule has 0 unspecified atom stereocenters. The maximum Gasteiger partial charge on any atom is 0.0378 e. The van der Waals surface area contributed by atoms with Crippen LogP contribution in [-0.2, 0) is 6.42 Å². The summed E-state index contributed by atoms with van der Waals surface area (Å²) in [5.74, 6) is 0. The third kappa shape index (κ3) is 2.32. The maximum absolute atomic E-state index is 2.45. The zero-order chi connectivity index (χ0) is 17.0. The van der Waals surface area contributed by atoms with Crippen LogP contribution in [0.25, 0.3) is 32.0 Å². The minimum absolute atomic E-state index is 1.05. The minimum atomic E-state index is 1.05. The largest absolute Gasteiger partial charge is 0.144 e. The van der Waals surface area contributed by atoms with Crippen molar-refractivity contribution >= 4 is 22.7 Å². The first-order chi connectivity index (χ1) is 12.2. The monoisotopic (exact) mass is 358 g/mol. The normalized spacial score (nSPS) is 12.2. The molecule has 0 N–H and O–H groups in total. The van der Waals surface area contributed by atoms with E-state index < -0.39 is 0 Å². The van der Waals surface area contributed by atoms with Gasteiger partial charge in [-0.2, -0.15) is 0 Å². The molecule has 0 nitrogen and oxygen atoms in total. The lowest BCUT2D eigenvalue weighted by molar-refractivity contribution is 1.26. The number of benzene rings is 2. The van der Waals surface area contributed by atoms with Crippen LogP contribution in [0, 0.1) is 13.8 Å². The first-order valence-electron chi connectivity index (χ1n) is 8.56. The number of rotatable bonds is 2. The molecule has 122 valence electrons. The molecule has 2 heteroatoms. The SMILES string of the molecule is Cc1ccsc1-c1cc2c(cc1-c1sccc1C)-c1ccccc1C2. The van der Waals surface area contributed by atoms with Gasteiger partial charge in [-0.15, -0.1) is 22.7 Å². The number of hydrogen-bond acceptors (Lipinski definition) is 2. The average molecular weight is 359 g/mol. The van der Waals surface area contributed by atoms with Crippen molar-refractivity contribution in [1.29, 1.82) is 0 Å². The van der Waals surface area contributed by atoms with Crippen LogP contribution in [0.4, 0.5) is 0 Å². The molecule has 0 amide bonds. The maximum atomic E-state index is 2.45. The van der Waals surface area contributed by atoms with E-state index in [9.17, 15) is 0 Å². The lowest BCUT2D eigenvalue weighted by Gasteiger charge is -2.13. The van der Waals surface area contributed by atoms with Crippen LogP contribution in [0.15, 0.2) is 59.3 Å². The average Bonchev–Trinajstić information content (AvgIpc) is 3.31. The predicted molar refractivity (Wildman–Crippen MR) is 111 cm³/mol. The van der Waals surface area contributed by atoms with Gasteiger partial charge in [0.25, 0.3) is 0 Å². The molecule has 2 heterocycles. The summed E-state index contributed by atoms with van der Waals surface area (Å²) in [6.45, 7) is 4.44. The van der Waals surface area contributed by atoms with Crippen LogP contribution in [0.5, 0.6) is 0 Å². The van der Waals surface area contributed by atoms with E-state index in [2.05, 4.69) is 73.1 Å². The summed E-state index contributed by atoms with van der Waals surface area (Å²) in [6, 6.07) is 18.2. The standard InChI is InChI=1S/C23H18S2/c1-14-7-9-24-22(14)20-12-17-11-16-5-3-4-6-18(16)19(17)13-21(20)23-15(2)8-10-25-23/h3-10,12-13H,11H2,1-2H3. The molecule has 0 saturated heterocycles. The molecule has 2 aromatic heterocycles. The quantitative estimate of drug-likeness (QED) is 0.310. The number of fused-ring (bicyclic) bond motifs is 3. The molecule has 5 rings (SSSR count). The van der Waals surface area contributed by atoms with E-state index in [1.165, 1.54) is 54.3 Å². The van der Waals surface area contributed by atoms with Gasteiger partial charge in [0.05, 0.1) is 0 Å². The second-order valence-corrected chi connectivity index (χ2v) is 8.59. The van der Waals surface area contributed by atoms with Gasteiger partial charge < -0.3 is 0 Å². The highest BCUT2D eigenvalue weighted by Gasteiger charge is 2.23. The summed E-state index contributed by atoms with van der Waals surface area (Å²) in [5, 5.41) is 4.41. The van der Waals surface area contributed by atoms with Crippen molar-refractivity contribution in [3.8, 4) is 32.0 Å². The zero-order valence-corrected chi connectivity index (χ0v) is 15.9. The topological polar surface area (TPSA) is 0 Å². The molecular weight excluding hydrogens is 340 g/mol. The molecule has 0 atom stereocenters. The van der Waals surface area contributed by atoms with Crippen molar-refractivity contribution < 1.29 is 0 Å². The Balaban J connectivity index is 1.82. The lowest BCUT2D eigenvalue weighted by atomic mass is 9.94. The molecule has 0 saturated carbocycles. The summed E-state index contributed by atoms with van der Waals surface area (Å²) in [6.07, 6.45) is 1.05. The van der Waals surface area contributed by atoms with Gasteiger partial charge in [0, 0.05) is 20.9 Å². The van der Waals surface area contributed by atoms with Gasteiger partial charge in [-0.1, -0.05) is 24.3 Å². The van der Waals surface area contributed by atoms with Gasteiger partial charge in [0.15, 0.2) is 0 Å². The first-order valence-corrected chi connectivity index (χ1v) is 10.3. The third-order valence-electron chi connectivity index (χ3n) is 5.15. The number of thiophene rings is 2. The summed E-state index contributed by atoms with van der Waals surface area (Å²) in [5.41, 5.74) is 11.2. The van der Waals surface area contributed by atoms with Crippen molar-refractivity contribution in [2.75, 3.05) is 0 Å². The molecule has 1 aliphatic rings. The Morgan fingerprint density at radius 3 is 1.92 bits per heavy atom. The molecular formula is C23H18S2. The smallest absolute Gasteiger partial charge is 0.0378 e. The summed E-state index contributed by atoms with van der Waals surface area (Å²) < 4.78 is 0. The molecule has 2 aromatic carbocycles. The van der Waals surface area contributed by atoms with Gasteiger partial charge in [-0.3, -0.25) is 0 Å². The van der Waals surface area contributed by atoms with Crippen molar-refractivity contribution in [2.45, 2.75) is 20.3 Å². The molecule has 0 radical (unpaired) electrons. The molecule has 0 spiro atoms. The van der Waals surface area contributed by atoms with Crippen molar-refractivity contribution in [3.63, 3.8) is 0 Å².